The van der Waals surface area contributed by atoms with Gasteiger partial charge in [-0.05, 0) is 28.1 Å². The minimum Gasteiger partial charge on any atom is -0.373 e. The number of benzene rings is 1. The van der Waals surface area contributed by atoms with E-state index < -0.39 is 0 Å². The second-order valence-corrected chi connectivity index (χ2v) is 4.66. The molecule has 0 saturated carbocycles. The standard InChI is InChI=1S/C12H10BrFN2O/c13-11-10-7-17-6-5-16(10)15-12(11)8-3-1-2-4-9(8)14/h1-4H,5-7H2. The van der Waals surface area contributed by atoms with E-state index in [1.54, 1.807) is 18.2 Å². The summed E-state index contributed by atoms with van der Waals surface area (Å²) in [6.07, 6.45) is 0. The van der Waals surface area contributed by atoms with Crippen LogP contribution in [-0.4, -0.2) is 16.4 Å². The molecule has 0 bridgehead atoms. The van der Waals surface area contributed by atoms with E-state index >= 15 is 0 Å². The van der Waals surface area contributed by atoms with Crippen LogP contribution >= 0.6 is 15.9 Å². The van der Waals surface area contributed by atoms with Gasteiger partial charge in [0.25, 0.3) is 0 Å². The van der Waals surface area contributed by atoms with Gasteiger partial charge in [0.2, 0.25) is 0 Å². The van der Waals surface area contributed by atoms with Crippen LogP contribution in [-0.2, 0) is 17.9 Å². The van der Waals surface area contributed by atoms with Gasteiger partial charge in [0.1, 0.15) is 11.5 Å². The van der Waals surface area contributed by atoms with E-state index in [4.69, 9.17) is 4.74 Å². The molecule has 0 spiro atoms. The van der Waals surface area contributed by atoms with E-state index in [2.05, 4.69) is 21.0 Å². The third-order valence-corrected chi connectivity index (χ3v) is 3.64. The van der Waals surface area contributed by atoms with Crippen LogP contribution in [0.4, 0.5) is 4.39 Å². The van der Waals surface area contributed by atoms with Gasteiger partial charge in [0.05, 0.1) is 29.9 Å². The summed E-state index contributed by atoms with van der Waals surface area (Å²) in [6, 6.07) is 6.65. The number of nitrogens with zero attached hydrogens (tertiary/aromatic N) is 2. The molecule has 0 atom stereocenters. The lowest BCUT2D eigenvalue weighted by atomic mass is 10.1. The van der Waals surface area contributed by atoms with Gasteiger partial charge in [-0.1, -0.05) is 12.1 Å². The molecule has 0 unspecified atom stereocenters. The monoisotopic (exact) mass is 296 g/mol. The Balaban J connectivity index is 2.16. The van der Waals surface area contributed by atoms with Crippen LogP contribution in [0.1, 0.15) is 5.69 Å². The summed E-state index contributed by atoms with van der Waals surface area (Å²) in [7, 11) is 0. The molecule has 1 aromatic carbocycles. The predicted octanol–water partition coefficient (Wildman–Crippen LogP) is 2.98. The zero-order valence-corrected chi connectivity index (χ0v) is 10.6. The molecule has 0 amide bonds. The Bertz CT molecular complexity index is 568. The minimum atomic E-state index is -0.260. The van der Waals surface area contributed by atoms with Crippen molar-refractivity contribution >= 4 is 15.9 Å². The van der Waals surface area contributed by atoms with Crippen molar-refractivity contribution in [1.82, 2.24) is 9.78 Å². The van der Waals surface area contributed by atoms with E-state index in [1.807, 2.05) is 4.68 Å². The Hall–Kier alpha value is -1.20. The highest BCUT2D eigenvalue weighted by atomic mass is 79.9. The quantitative estimate of drug-likeness (QED) is 0.809. The predicted molar refractivity (Wildman–Crippen MR) is 65.0 cm³/mol. The highest BCUT2D eigenvalue weighted by Crippen LogP contribution is 2.33. The van der Waals surface area contributed by atoms with E-state index in [1.165, 1.54) is 6.07 Å². The molecular formula is C12H10BrFN2O. The Morgan fingerprint density at radius 1 is 1.35 bits per heavy atom. The van der Waals surface area contributed by atoms with Crippen LogP contribution in [0.2, 0.25) is 0 Å². The lowest BCUT2D eigenvalue weighted by molar-refractivity contribution is 0.0796. The normalized spacial score (nSPS) is 14.7. The highest BCUT2D eigenvalue weighted by molar-refractivity contribution is 9.10. The Morgan fingerprint density at radius 3 is 2.94 bits per heavy atom. The van der Waals surface area contributed by atoms with Crippen LogP contribution in [0.25, 0.3) is 11.3 Å². The van der Waals surface area contributed by atoms with Crippen molar-refractivity contribution in [3.63, 3.8) is 0 Å². The first-order chi connectivity index (χ1) is 8.27. The van der Waals surface area contributed by atoms with Crippen LogP contribution in [0.3, 0.4) is 0 Å². The number of hydrogen-bond acceptors (Lipinski definition) is 2. The van der Waals surface area contributed by atoms with E-state index in [0.29, 0.717) is 31.0 Å². The largest absolute Gasteiger partial charge is 0.373 e. The molecule has 88 valence electrons. The maximum absolute atomic E-state index is 13.7. The van der Waals surface area contributed by atoms with Gasteiger partial charge in [-0.15, -0.1) is 0 Å². The first kappa shape index (κ1) is 10.9. The molecule has 1 aromatic heterocycles. The van der Waals surface area contributed by atoms with Crippen LogP contribution in [0, 0.1) is 5.82 Å². The fourth-order valence-corrected chi connectivity index (χ4v) is 2.56. The van der Waals surface area contributed by atoms with Gasteiger partial charge >= 0.3 is 0 Å². The maximum atomic E-state index is 13.7. The smallest absolute Gasteiger partial charge is 0.132 e. The average molecular weight is 297 g/mol. The maximum Gasteiger partial charge on any atom is 0.132 e. The van der Waals surface area contributed by atoms with E-state index in [9.17, 15) is 4.39 Å². The van der Waals surface area contributed by atoms with Gasteiger partial charge < -0.3 is 4.74 Å². The number of hydrogen-bond donors (Lipinski definition) is 0. The molecule has 2 heterocycles. The summed E-state index contributed by atoms with van der Waals surface area (Å²) in [5.41, 5.74) is 2.12. The summed E-state index contributed by atoms with van der Waals surface area (Å²) >= 11 is 3.48. The van der Waals surface area contributed by atoms with Gasteiger partial charge in [-0.25, -0.2) is 4.39 Å². The van der Waals surface area contributed by atoms with Gasteiger partial charge in [0, 0.05) is 5.56 Å². The van der Waals surface area contributed by atoms with Crippen molar-refractivity contribution in [1.29, 1.82) is 0 Å². The van der Waals surface area contributed by atoms with Crippen molar-refractivity contribution in [2.75, 3.05) is 6.61 Å². The third-order valence-electron chi connectivity index (χ3n) is 2.81. The zero-order chi connectivity index (χ0) is 11.8. The fourth-order valence-electron chi connectivity index (χ4n) is 1.94. The number of fused-ring (bicyclic) bond motifs is 1. The Labute approximate surface area is 106 Å². The van der Waals surface area contributed by atoms with Crippen molar-refractivity contribution in [3.05, 3.63) is 40.2 Å². The molecule has 0 radical (unpaired) electrons. The summed E-state index contributed by atoms with van der Waals surface area (Å²) in [6.45, 7) is 1.88. The second kappa shape index (κ2) is 4.23. The van der Waals surface area contributed by atoms with E-state index in [0.717, 1.165) is 10.2 Å². The Kier molecular flexibility index (Phi) is 2.72. The Morgan fingerprint density at radius 2 is 2.18 bits per heavy atom. The number of ether oxygens (including phenoxy) is 1. The fraction of sp³-hybridized carbons (Fsp3) is 0.250. The molecule has 5 heteroatoms. The molecule has 1 aliphatic rings. The number of aromatic nitrogens is 2. The molecule has 0 N–H and O–H groups in total. The van der Waals surface area contributed by atoms with Crippen molar-refractivity contribution in [2.45, 2.75) is 13.2 Å². The average Bonchev–Trinajstić information content (AvgIpc) is 2.68. The molecule has 3 nitrogen and oxygen atoms in total. The molecular weight excluding hydrogens is 287 g/mol. The molecule has 2 aromatic rings. The third kappa shape index (κ3) is 1.79. The van der Waals surface area contributed by atoms with Crippen molar-refractivity contribution in [3.8, 4) is 11.3 Å². The summed E-state index contributed by atoms with van der Waals surface area (Å²) in [4.78, 5) is 0. The van der Waals surface area contributed by atoms with Crippen molar-refractivity contribution < 1.29 is 9.13 Å². The molecule has 0 fully saturated rings. The van der Waals surface area contributed by atoms with Crippen LogP contribution in [0.15, 0.2) is 28.7 Å². The van der Waals surface area contributed by atoms with Gasteiger partial charge in [-0.3, -0.25) is 4.68 Å². The zero-order valence-electron chi connectivity index (χ0n) is 8.99. The summed E-state index contributed by atoms with van der Waals surface area (Å²) < 4.78 is 21.8. The SMILES string of the molecule is Fc1ccccc1-c1nn2c(c1Br)COCC2. The number of rotatable bonds is 1. The topological polar surface area (TPSA) is 27.1 Å². The molecule has 1 aliphatic heterocycles. The number of halogens is 2. The van der Waals surface area contributed by atoms with Gasteiger partial charge in [-0.2, -0.15) is 5.10 Å². The highest BCUT2D eigenvalue weighted by Gasteiger charge is 2.21. The first-order valence-electron chi connectivity index (χ1n) is 5.35. The molecule has 0 aliphatic carbocycles. The lowest BCUT2D eigenvalue weighted by Gasteiger charge is -2.13. The summed E-state index contributed by atoms with van der Waals surface area (Å²) in [5, 5.41) is 4.43. The lowest BCUT2D eigenvalue weighted by Crippen LogP contribution is -2.17. The molecule has 17 heavy (non-hydrogen) atoms. The summed E-state index contributed by atoms with van der Waals surface area (Å²) in [5.74, 6) is -0.260. The minimum absolute atomic E-state index is 0.260. The molecule has 3 rings (SSSR count). The van der Waals surface area contributed by atoms with Gasteiger partial charge in [0.15, 0.2) is 0 Å². The van der Waals surface area contributed by atoms with Crippen molar-refractivity contribution in [2.24, 2.45) is 0 Å². The second-order valence-electron chi connectivity index (χ2n) is 3.86. The van der Waals surface area contributed by atoms with Crippen LogP contribution in [0.5, 0.6) is 0 Å². The van der Waals surface area contributed by atoms with Crippen LogP contribution < -0.4 is 0 Å². The first-order valence-corrected chi connectivity index (χ1v) is 6.14. The van der Waals surface area contributed by atoms with E-state index in [-0.39, 0.29) is 5.82 Å². The molecule has 0 saturated heterocycles.